The lowest BCUT2D eigenvalue weighted by Gasteiger charge is -2.12. The van der Waals surface area contributed by atoms with E-state index in [9.17, 15) is 0 Å². The molecule has 0 unspecified atom stereocenters. The summed E-state index contributed by atoms with van der Waals surface area (Å²) in [6.07, 6.45) is 2.68. The van der Waals surface area contributed by atoms with Crippen LogP contribution < -0.4 is 9.47 Å². The molecule has 1 heterocycles. The Bertz CT molecular complexity index is 794. The second kappa shape index (κ2) is 6.06. The Kier molecular flexibility index (Phi) is 3.96. The summed E-state index contributed by atoms with van der Waals surface area (Å²) in [6, 6.07) is 14.0. The highest BCUT2D eigenvalue weighted by molar-refractivity contribution is 5.87. The molecule has 112 valence electrons. The van der Waals surface area contributed by atoms with Crippen molar-refractivity contribution in [1.29, 1.82) is 0 Å². The van der Waals surface area contributed by atoms with E-state index in [1.54, 1.807) is 13.3 Å². The Morgan fingerprint density at radius 1 is 1.00 bits per heavy atom. The third-order valence-corrected chi connectivity index (χ3v) is 3.73. The maximum atomic E-state index is 6.02. The van der Waals surface area contributed by atoms with Gasteiger partial charge in [0.2, 0.25) is 0 Å². The first kappa shape index (κ1) is 14.4. The van der Waals surface area contributed by atoms with E-state index in [2.05, 4.69) is 24.9 Å². The van der Waals surface area contributed by atoms with Crippen molar-refractivity contribution in [3.05, 3.63) is 59.8 Å². The molecule has 0 atom stereocenters. The molecule has 3 heteroatoms. The molecule has 0 spiro atoms. The number of ether oxygens (including phenoxy) is 2. The predicted molar refractivity (Wildman–Crippen MR) is 88.9 cm³/mol. The topological polar surface area (TPSA) is 31.4 Å². The van der Waals surface area contributed by atoms with Crippen LogP contribution in [0.1, 0.15) is 18.1 Å². The fourth-order valence-corrected chi connectivity index (χ4v) is 2.48. The van der Waals surface area contributed by atoms with E-state index in [0.29, 0.717) is 0 Å². The quantitative estimate of drug-likeness (QED) is 0.685. The van der Waals surface area contributed by atoms with Crippen LogP contribution in [0, 0.1) is 6.92 Å². The number of hydrogen-bond donors (Lipinski definition) is 0. The average Bonchev–Trinajstić information content (AvgIpc) is 2.56. The third kappa shape index (κ3) is 2.75. The molecule has 0 aliphatic heterocycles. The van der Waals surface area contributed by atoms with E-state index >= 15 is 0 Å². The van der Waals surface area contributed by atoms with E-state index in [4.69, 9.17) is 9.47 Å². The van der Waals surface area contributed by atoms with E-state index in [1.165, 1.54) is 5.56 Å². The maximum Gasteiger partial charge on any atom is 0.138 e. The van der Waals surface area contributed by atoms with Gasteiger partial charge < -0.3 is 9.47 Å². The SMILES string of the molecule is CCc1cc2nccc(Oc3ccc(C)cc3)c2cc1OC. The van der Waals surface area contributed by atoms with Crippen LogP contribution in [0.4, 0.5) is 0 Å². The van der Waals surface area contributed by atoms with Gasteiger partial charge in [-0.3, -0.25) is 4.98 Å². The van der Waals surface area contributed by atoms with Gasteiger partial charge in [-0.2, -0.15) is 0 Å². The van der Waals surface area contributed by atoms with Crippen LogP contribution in [0.3, 0.4) is 0 Å². The van der Waals surface area contributed by atoms with Crippen LogP contribution in [-0.2, 0) is 6.42 Å². The lowest BCUT2D eigenvalue weighted by atomic mass is 10.1. The number of methoxy groups -OCH3 is 1. The van der Waals surface area contributed by atoms with Crippen LogP contribution in [0.2, 0.25) is 0 Å². The molecule has 22 heavy (non-hydrogen) atoms. The lowest BCUT2D eigenvalue weighted by molar-refractivity contribution is 0.410. The molecule has 0 saturated heterocycles. The summed E-state index contributed by atoms with van der Waals surface area (Å²) in [5.41, 5.74) is 3.28. The van der Waals surface area contributed by atoms with Crippen molar-refractivity contribution in [3.8, 4) is 17.2 Å². The van der Waals surface area contributed by atoms with Crippen molar-refractivity contribution in [1.82, 2.24) is 4.98 Å². The zero-order valence-electron chi connectivity index (χ0n) is 13.1. The second-order valence-corrected chi connectivity index (χ2v) is 5.26. The minimum Gasteiger partial charge on any atom is -0.496 e. The minimum atomic E-state index is 0.787. The molecule has 0 aliphatic carbocycles. The molecule has 0 N–H and O–H groups in total. The van der Waals surface area contributed by atoms with Crippen molar-refractivity contribution < 1.29 is 9.47 Å². The number of aromatic nitrogens is 1. The van der Waals surface area contributed by atoms with Crippen molar-refractivity contribution in [2.45, 2.75) is 20.3 Å². The standard InChI is InChI=1S/C19H19NO2/c1-4-14-11-17-16(12-19(14)21-3)18(9-10-20-17)22-15-7-5-13(2)6-8-15/h5-12H,4H2,1-3H3. The lowest BCUT2D eigenvalue weighted by Crippen LogP contribution is -1.94. The average molecular weight is 293 g/mol. The van der Waals surface area contributed by atoms with E-state index < -0.39 is 0 Å². The summed E-state index contributed by atoms with van der Waals surface area (Å²) < 4.78 is 11.5. The van der Waals surface area contributed by atoms with Gasteiger partial charge in [-0.1, -0.05) is 24.6 Å². The fraction of sp³-hybridized carbons (Fsp3) is 0.211. The van der Waals surface area contributed by atoms with Gasteiger partial charge in [0, 0.05) is 11.6 Å². The highest BCUT2D eigenvalue weighted by Gasteiger charge is 2.10. The van der Waals surface area contributed by atoms with Gasteiger partial charge in [0.1, 0.15) is 17.2 Å². The van der Waals surface area contributed by atoms with Crippen molar-refractivity contribution in [3.63, 3.8) is 0 Å². The molecule has 3 rings (SSSR count). The zero-order valence-corrected chi connectivity index (χ0v) is 13.1. The Hall–Kier alpha value is -2.55. The highest BCUT2D eigenvalue weighted by atomic mass is 16.5. The Balaban J connectivity index is 2.07. The molecule has 3 aromatic rings. The monoisotopic (exact) mass is 293 g/mol. The molecule has 0 fully saturated rings. The van der Waals surface area contributed by atoms with Gasteiger partial charge >= 0.3 is 0 Å². The summed E-state index contributed by atoms with van der Waals surface area (Å²) in [6.45, 7) is 4.17. The molecule has 0 aliphatic rings. The van der Waals surface area contributed by atoms with Crippen molar-refractivity contribution in [2.24, 2.45) is 0 Å². The first-order chi connectivity index (χ1) is 10.7. The van der Waals surface area contributed by atoms with Crippen LogP contribution in [0.25, 0.3) is 10.9 Å². The number of hydrogen-bond acceptors (Lipinski definition) is 3. The molecule has 0 saturated carbocycles. The number of aryl methyl sites for hydroxylation is 2. The zero-order chi connectivity index (χ0) is 15.5. The van der Waals surface area contributed by atoms with Gasteiger partial charge in [0.05, 0.1) is 12.6 Å². The maximum absolute atomic E-state index is 6.02. The van der Waals surface area contributed by atoms with Crippen LogP contribution >= 0.6 is 0 Å². The molecule has 0 amide bonds. The van der Waals surface area contributed by atoms with Crippen molar-refractivity contribution >= 4 is 10.9 Å². The van der Waals surface area contributed by atoms with Gasteiger partial charge in [-0.05, 0) is 49.2 Å². The number of fused-ring (bicyclic) bond motifs is 1. The van der Waals surface area contributed by atoms with Crippen LogP contribution in [0.5, 0.6) is 17.2 Å². The van der Waals surface area contributed by atoms with Gasteiger partial charge in [0.25, 0.3) is 0 Å². The van der Waals surface area contributed by atoms with Gasteiger partial charge in [0.15, 0.2) is 0 Å². The van der Waals surface area contributed by atoms with E-state index in [0.717, 1.165) is 40.1 Å². The first-order valence-electron chi connectivity index (χ1n) is 7.41. The largest absolute Gasteiger partial charge is 0.496 e. The van der Waals surface area contributed by atoms with Crippen LogP contribution in [0.15, 0.2) is 48.7 Å². The summed E-state index contributed by atoms with van der Waals surface area (Å²) in [5, 5.41) is 0.956. The van der Waals surface area contributed by atoms with Crippen LogP contribution in [-0.4, -0.2) is 12.1 Å². The number of pyridine rings is 1. The smallest absolute Gasteiger partial charge is 0.138 e. The van der Waals surface area contributed by atoms with E-state index in [1.807, 2.05) is 36.4 Å². The summed E-state index contributed by atoms with van der Waals surface area (Å²) in [5.74, 6) is 2.48. The van der Waals surface area contributed by atoms with Gasteiger partial charge in [-0.25, -0.2) is 0 Å². The van der Waals surface area contributed by atoms with E-state index in [-0.39, 0.29) is 0 Å². The molecule has 3 nitrogen and oxygen atoms in total. The Morgan fingerprint density at radius 3 is 2.45 bits per heavy atom. The number of rotatable bonds is 4. The molecular formula is C19H19NO2. The number of nitrogens with zero attached hydrogens (tertiary/aromatic N) is 1. The van der Waals surface area contributed by atoms with Gasteiger partial charge in [-0.15, -0.1) is 0 Å². The van der Waals surface area contributed by atoms with Crippen molar-refractivity contribution in [2.75, 3.05) is 7.11 Å². The Labute approximate surface area is 130 Å². The highest BCUT2D eigenvalue weighted by Crippen LogP contribution is 2.33. The normalized spacial score (nSPS) is 10.7. The molecule has 0 radical (unpaired) electrons. The third-order valence-electron chi connectivity index (χ3n) is 3.73. The molecule has 2 aromatic carbocycles. The molecular weight excluding hydrogens is 274 g/mol. The molecule has 1 aromatic heterocycles. The fourth-order valence-electron chi connectivity index (χ4n) is 2.48. The molecule has 0 bridgehead atoms. The summed E-state index contributed by atoms with van der Waals surface area (Å²) in [4.78, 5) is 4.45. The Morgan fingerprint density at radius 2 is 1.77 bits per heavy atom. The summed E-state index contributed by atoms with van der Waals surface area (Å²) in [7, 11) is 1.69. The predicted octanol–water partition coefficient (Wildman–Crippen LogP) is 4.91. The summed E-state index contributed by atoms with van der Waals surface area (Å²) >= 11 is 0. The minimum absolute atomic E-state index is 0.787. The second-order valence-electron chi connectivity index (χ2n) is 5.26. The number of benzene rings is 2. The first-order valence-corrected chi connectivity index (χ1v) is 7.41.